The first-order chi connectivity index (χ1) is 13.0. The third-order valence-corrected chi connectivity index (χ3v) is 3.76. The van der Waals surface area contributed by atoms with Gasteiger partial charge in [0.25, 0.3) is 0 Å². The monoisotopic (exact) mass is 370 g/mol. The van der Waals surface area contributed by atoms with Gasteiger partial charge in [0.1, 0.15) is 0 Å². The van der Waals surface area contributed by atoms with E-state index in [2.05, 4.69) is 27.0 Å². The van der Waals surface area contributed by atoms with Crippen molar-refractivity contribution in [3.63, 3.8) is 0 Å². The van der Waals surface area contributed by atoms with Gasteiger partial charge in [-0.1, -0.05) is 32.4 Å². The summed E-state index contributed by atoms with van der Waals surface area (Å²) in [5.74, 6) is 0.630. The molecule has 2 rings (SSSR count). The number of phenols is 2. The molecule has 0 atom stereocenters. The second-order valence-corrected chi connectivity index (χ2v) is 6.08. The van der Waals surface area contributed by atoms with Gasteiger partial charge in [-0.2, -0.15) is 0 Å². The summed E-state index contributed by atoms with van der Waals surface area (Å²) in [4.78, 5) is 0. The first-order valence-electron chi connectivity index (χ1n) is 8.99. The lowest BCUT2D eigenvalue weighted by Crippen LogP contribution is -1.94. The summed E-state index contributed by atoms with van der Waals surface area (Å²) in [7, 11) is 2.98. The summed E-state index contributed by atoms with van der Waals surface area (Å²) in [6, 6.07) is 7.13. The molecule has 0 aliphatic rings. The zero-order chi connectivity index (χ0) is 20.4. The smallest absolute Gasteiger partial charge is 0.165 e. The quantitative estimate of drug-likeness (QED) is 0.618. The molecule has 2 aromatic rings. The van der Waals surface area contributed by atoms with Crippen LogP contribution in [0.25, 0.3) is 11.1 Å². The zero-order valence-corrected chi connectivity index (χ0v) is 16.7. The lowest BCUT2D eigenvalue weighted by Gasteiger charge is -2.16. The minimum absolute atomic E-state index is 0.0292. The fourth-order valence-electron chi connectivity index (χ4n) is 2.62. The fourth-order valence-corrected chi connectivity index (χ4v) is 2.62. The number of benzene rings is 2. The lowest BCUT2D eigenvalue weighted by atomic mass is 9.96. The molecule has 0 bridgehead atoms. The van der Waals surface area contributed by atoms with E-state index in [4.69, 9.17) is 9.47 Å². The molecule has 27 heavy (non-hydrogen) atoms. The zero-order valence-electron chi connectivity index (χ0n) is 16.7. The summed E-state index contributed by atoms with van der Waals surface area (Å²) in [6.45, 7) is 11.7. The molecule has 0 heterocycles. The van der Waals surface area contributed by atoms with E-state index in [1.807, 2.05) is 12.1 Å². The molecule has 0 amide bonds. The van der Waals surface area contributed by atoms with Crippen LogP contribution in [0.3, 0.4) is 0 Å². The van der Waals surface area contributed by atoms with Crippen molar-refractivity contribution >= 4 is 0 Å². The van der Waals surface area contributed by atoms with E-state index < -0.39 is 0 Å². The molecular weight excluding hydrogens is 340 g/mol. The molecule has 0 saturated heterocycles. The highest BCUT2D eigenvalue weighted by atomic mass is 16.5. The van der Waals surface area contributed by atoms with Crippen molar-refractivity contribution < 1.29 is 19.7 Å². The third-order valence-electron chi connectivity index (χ3n) is 3.76. The number of hydrogen-bond donors (Lipinski definition) is 2. The van der Waals surface area contributed by atoms with Gasteiger partial charge in [-0.25, -0.2) is 0 Å². The van der Waals surface area contributed by atoms with E-state index >= 15 is 0 Å². The molecule has 2 N–H and O–H groups in total. The van der Waals surface area contributed by atoms with Gasteiger partial charge < -0.3 is 19.7 Å². The van der Waals surface area contributed by atoms with Crippen LogP contribution in [0.1, 0.15) is 31.4 Å². The highest BCUT2D eigenvalue weighted by molar-refractivity contribution is 5.81. The van der Waals surface area contributed by atoms with Crippen molar-refractivity contribution in [2.24, 2.45) is 0 Å². The molecule has 0 aliphatic heterocycles. The molecule has 0 aliphatic carbocycles. The van der Waals surface area contributed by atoms with Crippen molar-refractivity contribution in [1.29, 1.82) is 0 Å². The largest absolute Gasteiger partial charge is 0.504 e. The number of hydrogen-bond acceptors (Lipinski definition) is 4. The minimum Gasteiger partial charge on any atom is -0.504 e. The molecule has 2 aromatic carbocycles. The van der Waals surface area contributed by atoms with Crippen molar-refractivity contribution in [3.05, 3.63) is 60.7 Å². The van der Waals surface area contributed by atoms with Gasteiger partial charge >= 0.3 is 0 Å². The summed E-state index contributed by atoms with van der Waals surface area (Å²) >= 11 is 0. The SMILES string of the molecule is C=CCc1cc(OC)c(O)c(-c2cc(CC=C)cc(OC)c2O)c1.CCC. The Morgan fingerprint density at radius 1 is 0.778 bits per heavy atom. The van der Waals surface area contributed by atoms with E-state index in [0.29, 0.717) is 35.5 Å². The molecule has 0 saturated carbocycles. The molecule has 4 nitrogen and oxygen atoms in total. The Balaban J connectivity index is 0.00000114. The predicted molar refractivity (Wildman–Crippen MR) is 112 cm³/mol. The van der Waals surface area contributed by atoms with Crippen LogP contribution in [0.2, 0.25) is 0 Å². The lowest BCUT2D eigenvalue weighted by molar-refractivity contribution is 0.370. The van der Waals surface area contributed by atoms with Gasteiger partial charge in [-0.05, 0) is 48.2 Å². The standard InChI is InChI=1S/C20H22O4.C3H8/c1-5-7-13-9-15(19(21)17(11-13)23-3)16-10-14(8-6-2)12-18(24-4)20(16)22;1-3-2/h5-6,9-12,21-22H,1-2,7-8H2,3-4H3;3H2,1-2H3. The van der Waals surface area contributed by atoms with E-state index in [-0.39, 0.29) is 11.5 Å². The van der Waals surface area contributed by atoms with Gasteiger partial charge in [0, 0.05) is 11.1 Å². The molecule has 0 spiro atoms. The summed E-state index contributed by atoms with van der Waals surface area (Å²) in [5, 5.41) is 21.0. The van der Waals surface area contributed by atoms with E-state index in [1.54, 1.807) is 24.3 Å². The number of rotatable bonds is 7. The molecule has 0 radical (unpaired) electrons. The summed E-state index contributed by atoms with van der Waals surface area (Å²) in [6.07, 6.45) is 6.02. The molecule has 4 heteroatoms. The van der Waals surface area contributed by atoms with Gasteiger partial charge in [0.2, 0.25) is 0 Å². The highest BCUT2D eigenvalue weighted by Gasteiger charge is 2.18. The Morgan fingerprint density at radius 2 is 1.11 bits per heavy atom. The first-order valence-corrected chi connectivity index (χ1v) is 8.99. The Kier molecular flexibility index (Phi) is 9.00. The van der Waals surface area contributed by atoms with Crippen LogP contribution in [0.4, 0.5) is 0 Å². The second kappa shape index (κ2) is 11.0. The van der Waals surface area contributed by atoms with Crippen LogP contribution in [-0.2, 0) is 12.8 Å². The number of ether oxygens (including phenoxy) is 2. The van der Waals surface area contributed by atoms with E-state index in [9.17, 15) is 10.2 Å². The molecule has 0 fully saturated rings. The number of aromatic hydroxyl groups is 2. The maximum Gasteiger partial charge on any atom is 0.165 e. The maximum atomic E-state index is 10.5. The van der Waals surface area contributed by atoms with Crippen molar-refractivity contribution in [2.45, 2.75) is 33.1 Å². The summed E-state index contributed by atoms with van der Waals surface area (Å²) < 4.78 is 10.5. The van der Waals surface area contributed by atoms with Crippen molar-refractivity contribution in [2.75, 3.05) is 14.2 Å². The number of allylic oxidation sites excluding steroid dienone is 2. The van der Waals surface area contributed by atoms with Gasteiger partial charge in [0.15, 0.2) is 23.0 Å². The third kappa shape index (κ3) is 5.55. The van der Waals surface area contributed by atoms with E-state index in [1.165, 1.54) is 20.6 Å². The van der Waals surface area contributed by atoms with Gasteiger partial charge in [0.05, 0.1) is 14.2 Å². The van der Waals surface area contributed by atoms with Crippen LogP contribution < -0.4 is 9.47 Å². The van der Waals surface area contributed by atoms with Gasteiger partial charge in [-0.15, -0.1) is 13.2 Å². The van der Waals surface area contributed by atoms with Crippen molar-refractivity contribution in [1.82, 2.24) is 0 Å². The normalized spacial score (nSPS) is 9.78. The van der Waals surface area contributed by atoms with Crippen LogP contribution >= 0.6 is 0 Å². The minimum atomic E-state index is -0.0292. The molecule has 0 unspecified atom stereocenters. The highest BCUT2D eigenvalue weighted by Crippen LogP contribution is 2.45. The Bertz CT molecular complexity index is 713. The van der Waals surface area contributed by atoms with Crippen LogP contribution in [0.5, 0.6) is 23.0 Å². The molecular formula is C23H30O4. The average molecular weight is 370 g/mol. The first kappa shape index (κ1) is 22.2. The van der Waals surface area contributed by atoms with Crippen molar-refractivity contribution in [3.8, 4) is 34.1 Å². The second-order valence-electron chi connectivity index (χ2n) is 6.08. The van der Waals surface area contributed by atoms with E-state index in [0.717, 1.165) is 11.1 Å². The Morgan fingerprint density at radius 3 is 1.37 bits per heavy atom. The maximum absolute atomic E-state index is 10.5. The average Bonchev–Trinajstić information content (AvgIpc) is 2.65. The van der Waals surface area contributed by atoms with Gasteiger partial charge in [-0.3, -0.25) is 0 Å². The Hall–Kier alpha value is -2.88. The van der Waals surface area contributed by atoms with Crippen LogP contribution in [0.15, 0.2) is 49.6 Å². The molecule has 0 aromatic heterocycles. The van der Waals surface area contributed by atoms with Crippen LogP contribution in [0, 0.1) is 0 Å². The predicted octanol–water partition coefficient (Wildman–Crippen LogP) is 5.66. The molecule has 146 valence electrons. The Labute approximate surface area is 162 Å². The number of methoxy groups -OCH3 is 2. The fraction of sp³-hybridized carbons (Fsp3) is 0.304. The topological polar surface area (TPSA) is 58.9 Å². The van der Waals surface area contributed by atoms with Crippen LogP contribution in [-0.4, -0.2) is 24.4 Å². The number of phenolic OH excluding ortho intramolecular Hbond substituents is 2. The summed E-state index contributed by atoms with van der Waals surface area (Å²) in [5.41, 5.74) is 2.80.